The summed E-state index contributed by atoms with van der Waals surface area (Å²) in [7, 11) is 1.36. The van der Waals surface area contributed by atoms with E-state index in [2.05, 4.69) is 15.3 Å². The van der Waals surface area contributed by atoms with Crippen LogP contribution < -0.4 is 15.6 Å². The molecule has 10 nitrogen and oxygen atoms in total. The highest BCUT2D eigenvalue weighted by molar-refractivity contribution is 7.16. The Morgan fingerprint density at radius 2 is 2.15 bits per heavy atom. The van der Waals surface area contributed by atoms with Gasteiger partial charge in [-0.05, 0) is 23.1 Å². The largest absolute Gasteiger partial charge is 0.494 e. The monoisotopic (exact) mass is 493 g/mol. The second-order valence-corrected chi connectivity index (χ2v) is 8.47. The van der Waals surface area contributed by atoms with Crippen LogP contribution in [0, 0.1) is 5.82 Å². The summed E-state index contributed by atoms with van der Waals surface area (Å²) in [4.78, 5) is 32.4. The predicted octanol–water partition coefficient (Wildman–Crippen LogP) is 1.36. The highest BCUT2D eigenvalue weighted by Gasteiger charge is 2.22. The summed E-state index contributed by atoms with van der Waals surface area (Å²) in [6.07, 6.45) is -0.563. The summed E-state index contributed by atoms with van der Waals surface area (Å²) in [6.45, 7) is 1.08. The topological polar surface area (TPSA) is 132 Å². The Bertz CT molecular complexity index is 1210. The van der Waals surface area contributed by atoms with E-state index in [1.54, 1.807) is 5.38 Å². The van der Waals surface area contributed by atoms with Crippen molar-refractivity contribution in [1.29, 1.82) is 0 Å². The van der Waals surface area contributed by atoms with Gasteiger partial charge in [-0.25, -0.2) is 9.37 Å². The Balaban J connectivity index is 1.36. The average molecular weight is 494 g/mol. The number of fused-ring (bicyclic) bond motifs is 1. The number of nitrogens with zero attached hydrogens (tertiary/aromatic N) is 1. The summed E-state index contributed by atoms with van der Waals surface area (Å²) in [6, 6.07) is 4.26. The normalized spacial score (nSPS) is 18.2. The first-order valence-corrected chi connectivity index (χ1v) is 11.4. The van der Waals surface area contributed by atoms with Crippen molar-refractivity contribution in [2.75, 3.05) is 33.5 Å². The number of carbonyl (C=O) groups is 1. The molecule has 1 aliphatic heterocycles. The third-order valence-electron chi connectivity index (χ3n) is 5.20. The lowest BCUT2D eigenvalue weighted by Gasteiger charge is -2.28. The minimum atomic E-state index is -0.566. The number of hydrogen-bond acceptors (Lipinski definition) is 9. The number of rotatable bonds is 9. The van der Waals surface area contributed by atoms with Crippen molar-refractivity contribution in [3.8, 4) is 5.75 Å². The molecule has 4 rings (SSSR count). The zero-order valence-corrected chi connectivity index (χ0v) is 19.2. The maximum Gasteiger partial charge on any atom is 0.287 e. The Labute approximate surface area is 197 Å². The molecule has 1 amide bonds. The number of thiophene rings is 1. The summed E-state index contributed by atoms with van der Waals surface area (Å²) in [5.41, 5.74) is 0.843. The van der Waals surface area contributed by atoms with Crippen LogP contribution in [0.4, 0.5) is 4.39 Å². The number of aromatic nitrogens is 2. The van der Waals surface area contributed by atoms with E-state index in [0.717, 1.165) is 0 Å². The van der Waals surface area contributed by atoms with Crippen LogP contribution in [0.15, 0.2) is 28.4 Å². The number of nitrogens with one attached hydrogen (secondary N) is 2. The smallest absolute Gasteiger partial charge is 0.287 e. The number of benzene rings is 1. The quantitative estimate of drug-likeness (QED) is 0.407. The maximum atomic E-state index is 13.5. The second-order valence-electron chi connectivity index (χ2n) is 7.62. The first kappa shape index (κ1) is 24.2. The molecule has 1 aromatic carbocycles. The zero-order valence-electron chi connectivity index (χ0n) is 18.3. The van der Waals surface area contributed by atoms with Crippen molar-refractivity contribution in [3.63, 3.8) is 0 Å². The fourth-order valence-corrected chi connectivity index (χ4v) is 4.31. The number of carbonyl (C=O) groups excluding carboxylic acids is 1. The fraction of sp³-hybridized carbons (Fsp3) is 0.409. The fourth-order valence-electron chi connectivity index (χ4n) is 3.39. The molecule has 182 valence electrons. The molecule has 3 aromatic rings. The van der Waals surface area contributed by atoms with Crippen LogP contribution >= 0.6 is 11.3 Å². The number of amides is 1. The number of aliphatic hydroxyl groups excluding tert-OH is 1. The van der Waals surface area contributed by atoms with E-state index >= 15 is 0 Å². The Kier molecular flexibility index (Phi) is 7.85. The molecule has 0 saturated carbocycles. The van der Waals surface area contributed by atoms with Crippen LogP contribution in [-0.2, 0) is 27.4 Å². The minimum Gasteiger partial charge on any atom is -0.494 e. The maximum absolute atomic E-state index is 13.5. The molecule has 1 fully saturated rings. The van der Waals surface area contributed by atoms with E-state index in [1.807, 2.05) is 0 Å². The zero-order chi connectivity index (χ0) is 24.1. The van der Waals surface area contributed by atoms with Crippen molar-refractivity contribution in [1.82, 2.24) is 15.3 Å². The van der Waals surface area contributed by atoms with Gasteiger partial charge in [-0.2, -0.15) is 0 Å². The lowest BCUT2D eigenvalue weighted by molar-refractivity contribution is -0.162. The Hall–Kier alpha value is -2.90. The minimum absolute atomic E-state index is 0.0740. The summed E-state index contributed by atoms with van der Waals surface area (Å²) in [5.74, 6) is -1.11. The highest BCUT2D eigenvalue weighted by atomic mass is 32.1. The van der Waals surface area contributed by atoms with Gasteiger partial charge in [0, 0.05) is 12.1 Å². The molecule has 1 aliphatic rings. The van der Waals surface area contributed by atoms with Crippen LogP contribution in [0.2, 0.25) is 0 Å². The van der Waals surface area contributed by atoms with Crippen LogP contribution in [-0.4, -0.2) is 66.7 Å². The second kappa shape index (κ2) is 11.0. The van der Waals surface area contributed by atoms with E-state index in [1.165, 1.54) is 36.6 Å². The number of methoxy groups -OCH3 is 1. The molecule has 1 saturated heterocycles. The van der Waals surface area contributed by atoms with Gasteiger partial charge in [0.2, 0.25) is 5.82 Å². The van der Waals surface area contributed by atoms with E-state index in [0.29, 0.717) is 34.6 Å². The van der Waals surface area contributed by atoms with Crippen molar-refractivity contribution in [2.45, 2.75) is 25.4 Å². The summed E-state index contributed by atoms with van der Waals surface area (Å²) in [5, 5.41) is 13.8. The number of H-pyrrole nitrogens is 1. The van der Waals surface area contributed by atoms with Crippen LogP contribution in [0.5, 0.6) is 5.75 Å². The molecule has 0 spiro atoms. The number of aliphatic hydroxyl groups is 1. The average Bonchev–Trinajstić information content (AvgIpc) is 3.27. The van der Waals surface area contributed by atoms with Gasteiger partial charge in [0.1, 0.15) is 17.0 Å². The number of ether oxygens (including phenoxy) is 4. The van der Waals surface area contributed by atoms with E-state index < -0.39 is 17.3 Å². The van der Waals surface area contributed by atoms with Gasteiger partial charge in [-0.1, -0.05) is 6.07 Å². The highest BCUT2D eigenvalue weighted by Crippen LogP contribution is 2.22. The molecular weight excluding hydrogens is 469 g/mol. The molecule has 0 aliphatic carbocycles. The van der Waals surface area contributed by atoms with E-state index in [9.17, 15) is 14.0 Å². The third kappa shape index (κ3) is 5.59. The van der Waals surface area contributed by atoms with Gasteiger partial charge in [-0.3, -0.25) is 9.59 Å². The third-order valence-corrected chi connectivity index (χ3v) is 6.13. The van der Waals surface area contributed by atoms with Crippen LogP contribution in [0.1, 0.15) is 21.7 Å². The Morgan fingerprint density at radius 3 is 2.88 bits per heavy atom. The lowest BCUT2D eigenvalue weighted by atomic mass is 10.2. The van der Waals surface area contributed by atoms with E-state index in [4.69, 9.17) is 24.1 Å². The van der Waals surface area contributed by atoms with Crippen molar-refractivity contribution in [3.05, 3.63) is 56.7 Å². The standard InChI is InChI=1S/C22H24FN3O7S/c1-30-17-4-12(2-3-16(17)23)5-24-21(29)19-25-20(28)18-13(11-34-22(18)26-19)7-31-8-15-10-32-14(6-27)9-33-15/h2-4,11,14-15,27H,5-10H2,1H3,(H,24,29)(H,25,26,28)/t14-,15+/m1/s1. The molecule has 3 N–H and O–H groups in total. The van der Waals surface area contributed by atoms with Crippen molar-refractivity contribution in [2.24, 2.45) is 0 Å². The summed E-state index contributed by atoms with van der Waals surface area (Å²) >= 11 is 1.24. The van der Waals surface area contributed by atoms with Crippen molar-refractivity contribution >= 4 is 27.5 Å². The Morgan fingerprint density at radius 1 is 1.35 bits per heavy atom. The van der Waals surface area contributed by atoms with Gasteiger partial charge in [0.15, 0.2) is 11.6 Å². The van der Waals surface area contributed by atoms with Gasteiger partial charge in [0.25, 0.3) is 11.5 Å². The molecule has 2 aromatic heterocycles. The predicted molar refractivity (Wildman–Crippen MR) is 121 cm³/mol. The van der Waals surface area contributed by atoms with Gasteiger partial charge >= 0.3 is 0 Å². The van der Waals surface area contributed by atoms with Crippen LogP contribution in [0.3, 0.4) is 0 Å². The molecule has 0 bridgehead atoms. The number of aromatic amines is 1. The number of halogens is 1. The molecule has 0 radical (unpaired) electrons. The molecular formula is C22H24FN3O7S. The first-order chi connectivity index (χ1) is 16.5. The molecule has 34 heavy (non-hydrogen) atoms. The van der Waals surface area contributed by atoms with Gasteiger partial charge in [-0.15, -0.1) is 11.3 Å². The molecule has 3 heterocycles. The SMILES string of the molecule is COc1cc(CNC(=O)c2nc3scc(COC[C@H]4CO[C@H](CO)CO4)c3c(=O)[nH]2)ccc1F. The first-order valence-electron chi connectivity index (χ1n) is 10.5. The summed E-state index contributed by atoms with van der Waals surface area (Å²) < 4.78 is 35.2. The molecule has 2 atom stereocenters. The number of hydrogen-bond donors (Lipinski definition) is 3. The van der Waals surface area contributed by atoms with Gasteiger partial charge in [0.05, 0.1) is 45.5 Å². The lowest BCUT2D eigenvalue weighted by Crippen LogP contribution is -2.39. The van der Waals surface area contributed by atoms with E-state index in [-0.39, 0.29) is 50.1 Å². The van der Waals surface area contributed by atoms with Crippen LogP contribution in [0.25, 0.3) is 10.2 Å². The van der Waals surface area contributed by atoms with Crippen molar-refractivity contribution < 1.29 is 33.2 Å². The molecule has 0 unspecified atom stereocenters. The van der Waals surface area contributed by atoms with Gasteiger partial charge < -0.3 is 34.4 Å². The molecule has 12 heteroatoms.